The third kappa shape index (κ3) is 1.67. The van der Waals surface area contributed by atoms with E-state index in [0.717, 1.165) is 24.4 Å². The van der Waals surface area contributed by atoms with Crippen molar-refractivity contribution in [2.75, 3.05) is 5.32 Å². The van der Waals surface area contributed by atoms with Gasteiger partial charge in [-0.15, -0.1) is 11.3 Å². The minimum Gasteiger partial charge on any atom is -0.302 e. The molecular weight excluding hydrogens is 208 g/mol. The monoisotopic (exact) mass is 222 g/mol. The van der Waals surface area contributed by atoms with Crippen LogP contribution in [0.2, 0.25) is 0 Å². The molecule has 2 atom stereocenters. The van der Waals surface area contributed by atoms with Gasteiger partial charge in [-0.25, -0.2) is 4.98 Å². The van der Waals surface area contributed by atoms with Crippen molar-refractivity contribution in [1.29, 1.82) is 0 Å². The van der Waals surface area contributed by atoms with Gasteiger partial charge in [0, 0.05) is 10.8 Å². The fourth-order valence-electron chi connectivity index (χ4n) is 2.13. The first-order valence-corrected chi connectivity index (χ1v) is 6.35. The molecule has 0 aromatic carbocycles. The van der Waals surface area contributed by atoms with Crippen LogP contribution in [-0.2, 0) is 17.6 Å². The lowest BCUT2D eigenvalue weighted by Gasteiger charge is -1.98. The average molecular weight is 222 g/mol. The minimum absolute atomic E-state index is 0.162. The van der Waals surface area contributed by atoms with E-state index >= 15 is 0 Å². The third-order valence-electron chi connectivity index (χ3n) is 3.27. The lowest BCUT2D eigenvalue weighted by Crippen LogP contribution is -2.14. The number of hydrogen-bond acceptors (Lipinski definition) is 3. The van der Waals surface area contributed by atoms with Crippen LogP contribution in [0.3, 0.4) is 0 Å². The van der Waals surface area contributed by atoms with Crippen LogP contribution in [0.5, 0.6) is 0 Å². The number of aryl methyl sites for hydroxylation is 2. The average Bonchev–Trinajstić information content (AvgIpc) is 2.58. The van der Waals surface area contributed by atoms with Crippen molar-refractivity contribution >= 4 is 22.4 Å². The molecule has 1 aromatic heterocycles. The van der Waals surface area contributed by atoms with Gasteiger partial charge in [-0.05, 0) is 31.6 Å². The number of rotatable bonds is 2. The van der Waals surface area contributed by atoms with Crippen LogP contribution in [0.25, 0.3) is 0 Å². The molecule has 1 saturated carbocycles. The van der Waals surface area contributed by atoms with E-state index in [2.05, 4.69) is 17.2 Å². The molecule has 3 nitrogen and oxygen atoms in total. The highest BCUT2D eigenvalue weighted by atomic mass is 32.1. The number of carbonyl (C=O) groups is 1. The van der Waals surface area contributed by atoms with E-state index in [1.807, 2.05) is 0 Å². The van der Waals surface area contributed by atoms with Crippen LogP contribution in [-0.4, -0.2) is 10.9 Å². The molecule has 0 unspecified atom stereocenters. The summed E-state index contributed by atoms with van der Waals surface area (Å²) in [4.78, 5) is 17.5. The first-order chi connectivity index (χ1) is 7.24. The second-order valence-electron chi connectivity index (χ2n) is 4.55. The molecule has 2 aliphatic carbocycles. The molecule has 15 heavy (non-hydrogen) atoms. The number of aromatic nitrogens is 1. The molecule has 1 amide bonds. The first-order valence-electron chi connectivity index (χ1n) is 5.53. The second-order valence-corrected chi connectivity index (χ2v) is 5.63. The summed E-state index contributed by atoms with van der Waals surface area (Å²) in [6, 6.07) is 0. The van der Waals surface area contributed by atoms with Crippen molar-refractivity contribution in [1.82, 2.24) is 4.98 Å². The molecule has 0 spiro atoms. The molecule has 1 aromatic rings. The van der Waals surface area contributed by atoms with Crippen molar-refractivity contribution in [2.24, 2.45) is 11.8 Å². The number of nitrogens with one attached hydrogen (secondary N) is 1. The van der Waals surface area contributed by atoms with Gasteiger partial charge in [-0.1, -0.05) is 6.92 Å². The highest BCUT2D eigenvalue weighted by molar-refractivity contribution is 7.15. The molecule has 1 fully saturated rings. The van der Waals surface area contributed by atoms with Gasteiger partial charge in [0.25, 0.3) is 0 Å². The third-order valence-corrected chi connectivity index (χ3v) is 4.34. The Kier molecular flexibility index (Phi) is 2.06. The second kappa shape index (κ2) is 3.30. The van der Waals surface area contributed by atoms with E-state index in [1.165, 1.54) is 17.0 Å². The number of anilines is 1. The maximum absolute atomic E-state index is 11.7. The van der Waals surface area contributed by atoms with E-state index < -0.39 is 0 Å². The van der Waals surface area contributed by atoms with Crippen molar-refractivity contribution in [3.05, 3.63) is 10.6 Å². The zero-order valence-electron chi connectivity index (χ0n) is 8.75. The predicted octanol–water partition coefficient (Wildman–Crippen LogP) is 2.23. The molecular formula is C11H14N2OS. The smallest absolute Gasteiger partial charge is 0.229 e. The standard InChI is InChI=1S/C11H14N2OS/c1-6-5-7(6)10(14)13-11-12-8-3-2-4-9(8)15-11/h6-7H,2-5H2,1H3,(H,12,13,14)/t6-,7-/m1/s1. The molecule has 0 saturated heterocycles. The fraction of sp³-hybridized carbons (Fsp3) is 0.636. The Morgan fingerprint density at radius 1 is 1.53 bits per heavy atom. The summed E-state index contributed by atoms with van der Waals surface area (Å²) in [5.74, 6) is 0.968. The van der Waals surface area contributed by atoms with Gasteiger partial charge in [0.2, 0.25) is 5.91 Å². The molecule has 3 rings (SSSR count). The zero-order valence-corrected chi connectivity index (χ0v) is 9.56. The van der Waals surface area contributed by atoms with Crippen LogP contribution in [0.15, 0.2) is 0 Å². The van der Waals surface area contributed by atoms with E-state index in [0.29, 0.717) is 5.92 Å². The van der Waals surface area contributed by atoms with E-state index in [-0.39, 0.29) is 11.8 Å². The molecule has 0 aliphatic heterocycles. The molecule has 4 heteroatoms. The van der Waals surface area contributed by atoms with Gasteiger partial charge >= 0.3 is 0 Å². The highest BCUT2D eigenvalue weighted by Crippen LogP contribution is 2.39. The largest absolute Gasteiger partial charge is 0.302 e. The van der Waals surface area contributed by atoms with Crippen molar-refractivity contribution in [3.8, 4) is 0 Å². The normalized spacial score (nSPS) is 27.5. The molecule has 1 N–H and O–H groups in total. The number of nitrogens with zero attached hydrogens (tertiary/aromatic N) is 1. The summed E-state index contributed by atoms with van der Waals surface area (Å²) >= 11 is 1.65. The minimum atomic E-state index is 0.162. The van der Waals surface area contributed by atoms with Gasteiger partial charge in [0.05, 0.1) is 5.69 Å². The maximum atomic E-state index is 11.7. The number of carbonyl (C=O) groups excluding carboxylic acids is 1. The maximum Gasteiger partial charge on any atom is 0.229 e. The molecule has 0 radical (unpaired) electrons. The topological polar surface area (TPSA) is 42.0 Å². The Hall–Kier alpha value is -0.900. The van der Waals surface area contributed by atoms with Crippen LogP contribution < -0.4 is 5.32 Å². The fourth-order valence-corrected chi connectivity index (χ4v) is 3.18. The SMILES string of the molecule is C[C@@H]1C[C@H]1C(=O)Nc1nc2c(s1)CCC2. The summed E-state index contributed by atoms with van der Waals surface area (Å²) in [5, 5.41) is 3.74. The predicted molar refractivity (Wildman–Crippen MR) is 60.0 cm³/mol. The summed E-state index contributed by atoms with van der Waals surface area (Å²) in [6.45, 7) is 2.12. The van der Waals surface area contributed by atoms with Crippen molar-refractivity contribution in [2.45, 2.75) is 32.6 Å². The van der Waals surface area contributed by atoms with E-state index in [4.69, 9.17) is 0 Å². The van der Waals surface area contributed by atoms with E-state index in [1.54, 1.807) is 11.3 Å². The Morgan fingerprint density at radius 2 is 2.33 bits per heavy atom. The van der Waals surface area contributed by atoms with Gasteiger partial charge in [-0.3, -0.25) is 4.79 Å². The molecule has 80 valence electrons. The lowest BCUT2D eigenvalue weighted by atomic mass is 10.3. The number of thiazole rings is 1. The van der Waals surface area contributed by atoms with Crippen LogP contribution >= 0.6 is 11.3 Å². The van der Waals surface area contributed by atoms with Crippen molar-refractivity contribution < 1.29 is 4.79 Å². The highest BCUT2D eigenvalue weighted by Gasteiger charge is 2.39. The Bertz CT molecular complexity index is 391. The Balaban J connectivity index is 1.69. The summed E-state index contributed by atoms with van der Waals surface area (Å²) in [5.41, 5.74) is 1.21. The molecule has 2 aliphatic rings. The van der Waals surface area contributed by atoms with Crippen LogP contribution in [0.1, 0.15) is 30.3 Å². The summed E-state index contributed by atoms with van der Waals surface area (Å²) in [7, 11) is 0. The molecule has 1 heterocycles. The Morgan fingerprint density at radius 3 is 3.00 bits per heavy atom. The van der Waals surface area contributed by atoms with E-state index in [9.17, 15) is 4.79 Å². The van der Waals surface area contributed by atoms with Gasteiger partial charge < -0.3 is 5.32 Å². The Labute approximate surface area is 92.9 Å². The van der Waals surface area contributed by atoms with Crippen molar-refractivity contribution in [3.63, 3.8) is 0 Å². The van der Waals surface area contributed by atoms with Crippen LogP contribution in [0, 0.1) is 11.8 Å². The van der Waals surface area contributed by atoms with Gasteiger partial charge in [0.15, 0.2) is 5.13 Å². The molecule has 0 bridgehead atoms. The lowest BCUT2D eigenvalue weighted by molar-refractivity contribution is -0.117. The number of hydrogen-bond donors (Lipinski definition) is 1. The van der Waals surface area contributed by atoms with Gasteiger partial charge in [0.1, 0.15) is 0 Å². The number of amides is 1. The summed E-state index contributed by atoms with van der Waals surface area (Å²) in [6.07, 6.45) is 4.49. The quantitative estimate of drug-likeness (QED) is 0.833. The zero-order chi connectivity index (χ0) is 10.4. The number of fused-ring (bicyclic) bond motifs is 1. The van der Waals surface area contributed by atoms with Crippen LogP contribution in [0.4, 0.5) is 5.13 Å². The summed E-state index contributed by atoms with van der Waals surface area (Å²) < 4.78 is 0. The first kappa shape index (κ1) is 9.33. The van der Waals surface area contributed by atoms with Gasteiger partial charge in [-0.2, -0.15) is 0 Å².